The third-order valence-corrected chi connectivity index (χ3v) is 5.95. The number of halogens is 1. The lowest BCUT2D eigenvalue weighted by Gasteiger charge is -2.26. The first kappa shape index (κ1) is 21.6. The Balaban J connectivity index is 1.86. The first-order valence-corrected chi connectivity index (χ1v) is 10.6. The standard InChI is InChI=1S/C22H24ClNO4S/c1-26-19-8-5-17(13-20(19)27-2)21(14-22(25)24-9-11-28-12-10-24)29-15-16-3-6-18(23)7-4-16/h3-8,13-14H,9-12,15H2,1-2H3/b21-14+. The maximum absolute atomic E-state index is 12.8. The molecule has 0 atom stereocenters. The van der Waals surface area contributed by atoms with Gasteiger partial charge in [-0.15, -0.1) is 11.8 Å². The minimum atomic E-state index is -0.0123. The highest BCUT2D eigenvalue weighted by molar-refractivity contribution is 8.07. The van der Waals surface area contributed by atoms with E-state index in [0.717, 1.165) is 16.0 Å². The highest BCUT2D eigenvalue weighted by Crippen LogP contribution is 2.36. The summed E-state index contributed by atoms with van der Waals surface area (Å²) in [5.74, 6) is 1.98. The van der Waals surface area contributed by atoms with Crippen molar-refractivity contribution in [2.75, 3.05) is 40.5 Å². The zero-order valence-corrected chi connectivity index (χ0v) is 18.1. The molecule has 1 heterocycles. The summed E-state index contributed by atoms with van der Waals surface area (Å²) < 4.78 is 16.1. The fourth-order valence-corrected chi connectivity index (χ4v) is 4.05. The first-order chi connectivity index (χ1) is 14.1. The molecule has 1 saturated heterocycles. The third kappa shape index (κ3) is 5.92. The van der Waals surface area contributed by atoms with Crippen LogP contribution in [0, 0.1) is 0 Å². The summed E-state index contributed by atoms with van der Waals surface area (Å²) in [6, 6.07) is 13.4. The van der Waals surface area contributed by atoms with Crippen LogP contribution in [0.5, 0.6) is 11.5 Å². The molecule has 0 aliphatic carbocycles. The van der Waals surface area contributed by atoms with E-state index in [1.54, 1.807) is 32.1 Å². The quantitative estimate of drug-likeness (QED) is 0.602. The lowest BCUT2D eigenvalue weighted by atomic mass is 10.1. The van der Waals surface area contributed by atoms with Gasteiger partial charge in [0.15, 0.2) is 11.5 Å². The molecule has 1 amide bonds. The number of methoxy groups -OCH3 is 2. The Kier molecular flexibility index (Phi) is 7.86. The average molecular weight is 434 g/mol. The largest absolute Gasteiger partial charge is 0.493 e. The zero-order chi connectivity index (χ0) is 20.6. The van der Waals surface area contributed by atoms with Gasteiger partial charge in [-0.3, -0.25) is 4.79 Å². The number of ether oxygens (including phenoxy) is 3. The van der Waals surface area contributed by atoms with E-state index in [1.165, 1.54) is 0 Å². The number of morpholine rings is 1. The summed E-state index contributed by atoms with van der Waals surface area (Å²) in [5, 5.41) is 0.705. The Hall–Kier alpha value is -2.15. The van der Waals surface area contributed by atoms with Gasteiger partial charge in [-0.25, -0.2) is 0 Å². The van der Waals surface area contributed by atoms with Crippen LogP contribution >= 0.6 is 23.4 Å². The van der Waals surface area contributed by atoms with Gasteiger partial charge in [-0.1, -0.05) is 23.7 Å². The number of carbonyl (C=O) groups is 1. The van der Waals surface area contributed by atoms with Crippen LogP contribution in [0.1, 0.15) is 11.1 Å². The molecule has 1 fully saturated rings. The van der Waals surface area contributed by atoms with Crippen molar-refractivity contribution in [3.05, 3.63) is 64.7 Å². The number of benzene rings is 2. The van der Waals surface area contributed by atoms with Gasteiger partial charge in [0, 0.05) is 34.8 Å². The van der Waals surface area contributed by atoms with Crippen LogP contribution in [0.4, 0.5) is 0 Å². The van der Waals surface area contributed by atoms with Crippen molar-refractivity contribution in [1.29, 1.82) is 0 Å². The smallest absolute Gasteiger partial charge is 0.247 e. The minimum Gasteiger partial charge on any atom is -0.493 e. The van der Waals surface area contributed by atoms with Crippen molar-refractivity contribution in [2.24, 2.45) is 0 Å². The molecule has 0 N–H and O–H groups in total. The summed E-state index contributed by atoms with van der Waals surface area (Å²) in [4.78, 5) is 15.5. The second-order valence-corrected chi connectivity index (χ2v) is 7.88. The van der Waals surface area contributed by atoms with Gasteiger partial charge >= 0.3 is 0 Å². The Labute approximate surface area is 180 Å². The Morgan fingerprint density at radius 2 is 1.79 bits per heavy atom. The summed E-state index contributed by atoms with van der Waals surface area (Å²) in [7, 11) is 3.20. The van der Waals surface area contributed by atoms with E-state index >= 15 is 0 Å². The number of carbonyl (C=O) groups excluding carboxylic acids is 1. The van der Waals surface area contributed by atoms with Crippen LogP contribution in [0.2, 0.25) is 5.02 Å². The zero-order valence-electron chi connectivity index (χ0n) is 16.5. The van der Waals surface area contributed by atoms with Crippen molar-refractivity contribution in [3.8, 4) is 11.5 Å². The fourth-order valence-electron chi connectivity index (χ4n) is 2.93. The van der Waals surface area contributed by atoms with Crippen LogP contribution in [0.15, 0.2) is 48.5 Å². The number of hydrogen-bond acceptors (Lipinski definition) is 5. The molecule has 1 aliphatic heterocycles. The normalized spacial score (nSPS) is 14.6. The lowest BCUT2D eigenvalue weighted by Crippen LogP contribution is -2.39. The summed E-state index contributed by atoms with van der Waals surface area (Å²) >= 11 is 7.58. The molecular formula is C22H24ClNO4S. The Morgan fingerprint density at radius 3 is 2.45 bits per heavy atom. The van der Waals surface area contributed by atoms with Gasteiger partial charge < -0.3 is 19.1 Å². The van der Waals surface area contributed by atoms with E-state index in [-0.39, 0.29) is 5.91 Å². The molecule has 0 spiro atoms. The van der Waals surface area contributed by atoms with E-state index in [9.17, 15) is 4.79 Å². The Bertz CT molecular complexity index is 864. The molecule has 0 saturated carbocycles. The van der Waals surface area contributed by atoms with Gasteiger partial charge in [0.2, 0.25) is 5.91 Å². The molecule has 0 aromatic heterocycles. The molecule has 3 rings (SSSR count). The molecule has 29 heavy (non-hydrogen) atoms. The predicted octanol–water partition coefficient (Wildman–Crippen LogP) is 4.49. The van der Waals surface area contributed by atoms with E-state index in [1.807, 2.05) is 47.4 Å². The third-order valence-electron chi connectivity index (χ3n) is 4.55. The van der Waals surface area contributed by atoms with Crippen molar-refractivity contribution in [3.63, 3.8) is 0 Å². The maximum Gasteiger partial charge on any atom is 0.247 e. The monoisotopic (exact) mass is 433 g/mol. The lowest BCUT2D eigenvalue weighted by molar-refractivity contribution is -0.129. The second-order valence-electron chi connectivity index (χ2n) is 6.43. The predicted molar refractivity (Wildman–Crippen MR) is 118 cm³/mol. The van der Waals surface area contributed by atoms with Gasteiger partial charge in [-0.05, 0) is 41.5 Å². The molecule has 0 unspecified atom stereocenters. The average Bonchev–Trinajstić information content (AvgIpc) is 2.77. The SMILES string of the molecule is COc1ccc(/C(=C\C(=O)N2CCOCC2)SCc2ccc(Cl)cc2)cc1OC. The van der Waals surface area contributed by atoms with Gasteiger partial charge in [0.1, 0.15) is 0 Å². The highest BCUT2D eigenvalue weighted by Gasteiger charge is 2.17. The number of thioether (sulfide) groups is 1. The first-order valence-electron chi connectivity index (χ1n) is 9.28. The van der Waals surface area contributed by atoms with Gasteiger partial charge in [0.25, 0.3) is 0 Å². The van der Waals surface area contributed by atoms with Crippen molar-refractivity contribution in [2.45, 2.75) is 5.75 Å². The van der Waals surface area contributed by atoms with Crippen molar-refractivity contribution < 1.29 is 19.0 Å². The number of nitrogens with zero attached hydrogens (tertiary/aromatic N) is 1. The molecule has 7 heteroatoms. The van der Waals surface area contributed by atoms with E-state index in [0.29, 0.717) is 48.6 Å². The van der Waals surface area contributed by atoms with Crippen LogP contribution in [-0.2, 0) is 15.3 Å². The summed E-state index contributed by atoms with van der Waals surface area (Å²) in [5.41, 5.74) is 2.04. The van der Waals surface area contributed by atoms with E-state index < -0.39 is 0 Å². The number of amides is 1. The molecule has 5 nitrogen and oxygen atoms in total. The highest BCUT2D eigenvalue weighted by atomic mass is 35.5. The topological polar surface area (TPSA) is 48.0 Å². The molecule has 1 aliphatic rings. The molecule has 2 aromatic rings. The van der Waals surface area contributed by atoms with Crippen LogP contribution in [-0.4, -0.2) is 51.3 Å². The summed E-state index contributed by atoms with van der Waals surface area (Å²) in [6.45, 7) is 2.36. The summed E-state index contributed by atoms with van der Waals surface area (Å²) in [6.07, 6.45) is 1.70. The van der Waals surface area contributed by atoms with E-state index in [4.69, 9.17) is 25.8 Å². The van der Waals surface area contributed by atoms with Gasteiger partial charge in [0.05, 0.1) is 27.4 Å². The molecule has 0 radical (unpaired) electrons. The Morgan fingerprint density at radius 1 is 1.10 bits per heavy atom. The fraction of sp³-hybridized carbons (Fsp3) is 0.318. The number of hydrogen-bond donors (Lipinski definition) is 0. The van der Waals surface area contributed by atoms with Crippen LogP contribution in [0.3, 0.4) is 0 Å². The second kappa shape index (κ2) is 10.6. The molecule has 2 aromatic carbocycles. The molecule has 0 bridgehead atoms. The van der Waals surface area contributed by atoms with Crippen LogP contribution in [0.25, 0.3) is 4.91 Å². The van der Waals surface area contributed by atoms with Crippen molar-refractivity contribution in [1.82, 2.24) is 4.90 Å². The van der Waals surface area contributed by atoms with Crippen LogP contribution < -0.4 is 9.47 Å². The molecular weight excluding hydrogens is 410 g/mol. The van der Waals surface area contributed by atoms with Gasteiger partial charge in [-0.2, -0.15) is 0 Å². The van der Waals surface area contributed by atoms with Crippen molar-refractivity contribution >= 4 is 34.2 Å². The van der Waals surface area contributed by atoms with E-state index in [2.05, 4.69) is 0 Å². The molecule has 154 valence electrons. The maximum atomic E-state index is 12.8. The minimum absolute atomic E-state index is 0.0123. The number of rotatable bonds is 7.